The number of rotatable bonds is 2. The summed E-state index contributed by atoms with van der Waals surface area (Å²) in [6.45, 7) is 2.30. The maximum Gasteiger partial charge on any atom is 0.261 e. The lowest BCUT2D eigenvalue weighted by Crippen LogP contribution is -2.65. The van der Waals surface area contributed by atoms with Crippen molar-refractivity contribution in [1.29, 1.82) is 0 Å². The second-order valence-electron chi connectivity index (χ2n) is 7.29. The van der Waals surface area contributed by atoms with Gasteiger partial charge >= 0.3 is 0 Å². The molecule has 4 fully saturated rings. The Bertz CT molecular complexity index is 798. The summed E-state index contributed by atoms with van der Waals surface area (Å²) in [5.74, 6) is -1.29. The lowest BCUT2D eigenvalue weighted by molar-refractivity contribution is -0.00138. The van der Waals surface area contributed by atoms with Crippen LogP contribution in [0.2, 0.25) is 0 Å². The molecule has 4 aliphatic rings. The van der Waals surface area contributed by atoms with Crippen molar-refractivity contribution in [2.24, 2.45) is 5.92 Å². The summed E-state index contributed by atoms with van der Waals surface area (Å²) < 4.78 is 27.3. The molecule has 1 spiro atoms. The van der Waals surface area contributed by atoms with E-state index in [0.29, 0.717) is 20.9 Å². The Morgan fingerprint density at radius 3 is 2.58 bits per heavy atom. The number of hydrogen-bond donors (Lipinski definition) is 1. The standard InChI is InChI=1S/C18H18F2N2OS/c19-12-7-11-8-15(24-14(11)9-13(12)20)17(23)21-16-10-1-5-22(6-2-10)18(16)3-4-18/h7-10,16H,1-6H2,(H,21,23)/t16-/m0/s1. The Kier molecular flexibility index (Phi) is 3.07. The molecule has 1 N–H and O–H groups in total. The first-order chi connectivity index (χ1) is 11.6. The Labute approximate surface area is 142 Å². The van der Waals surface area contributed by atoms with Gasteiger partial charge < -0.3 is 5.32 Å². The Morgan fingerprint density at radius 2 is 1.88 bits per heavy atom. The van der Waals surface area contributed by atoms with Crippen molar-refractivity contribution in [1.82, 2.24) is 10.2 Å². The molecule has 3 nitrogen and oxygen atoms in total. The molecule has 0 radical (unpaired) electrons. The maximum absolute atomic E-state index is 13.4. The van der Waals surface area contributed by atoms with Crippen molar-refractivity contribution in [3.63, 3.8) is 0 Å². The number of amides is 1. The molecular formula is C18H18F2N2OS. The molecule has 0 unspecified atom stereocenters. The van der Waals surface area contributed by atoms with Crippen molar-refractivity contribution >= 4 is 27.3 Å². The summed E-state index contributed by atoms with van der Waals surface area (Å²) in [7, 11) is 0. The minimum atomic E-state index is -0.874. The quantitative estimate of drug-likeness (QED) is 0.900. The highest BCUT2D eigenvalue weighted by Gasteiger charge is 2.60. The fourth-order valence-corrected chi connectivity index (χ4v) is 5.65. The maximum atomic E-state index is 13.4. The first-order valence-corrected chi connectivity index (χ1v) is 9.33. The summed E-state index contributed by atoms with van der Waals surface area (Å²) in [6, 6.07) is 4.21. The zero-order chi connectivity index (χ0) is 16.5. The number of piperidine rings is 3. The van der Waals surface area contributed by atoms with E-state index in [4.69, 9.17) is 0 Å². The van der Waals surface area contributed by atoms with Crippen molar-refractivity contribution in [3.8, 4) is 0 Å². The van der Waals surface area contributed by atoms with E-state index in [2.05, 4.69) is 10.2 Å². The summed E-state index contributed by atoms with van der Waals surface area (Å²) in [5, 5.41) is 3.83. The molecule has 6 rings (SSSR count). The fourth-order valence-electron chi connectivity index (χ4n) is 4.68. The van der Waals surface area contributed by atoms with Crippen LogP contribution in [0.4, 0.5) is 8.78 Å². The zero-order valence-corrected chi connectivity index (χ0v) is 14.0. The fraction of sp³-hybridized carbons (Fsp3) is 0.500. The monoisotopic (exact) mass is 348 g/mol. The predicted octanol–water partition coefficient (Wildman–Crippen LogP) is 3.54. The molecule has 2 aromatic rings. The van der Waals surface area contributed by atoms with Crippen molar-refractivity contribution in [2.75, 3.05) is 13.1 Å². The molecule has 1 atom stereocenters. The van der Waals surface area contributed by atoms with E-state index in [0.717, 1.165) is 44.8 Å². The molecule has 1 aliphatic carbocycles. The largest absolute Gasteiger partial charge is 0.346 e. The van der Waals surface area contributed by atoms with Gasteiger partial charge in [-0.15, -0.1) is 11.3 Å². The first-order valence-electron chi connectivity index (χ1n) is 8.51. The topological polar surface area (TPSA) is 32.3 Å². The molecule has 1 aromatic heterocycles. The van der Waals surface area contributed by atoms with Crippen LogP contribution in [0.3, 0.4) is 0 Å². The van der Waals surface area contributed by atoms with E-state index in [1.165, 1.54) is 17.4 Å². The molecule has 1 amide bonds. The molecule has 3 saturated heterocycles. The molecule has 24 heavy (non-hydrogen) atoms. The van der Waals surface area contributed by atoms with E-state index in [-0.39, 0.29) is 17.5 Å². The minimum Gasteiger partial charge on any atom is -0.346 e. The Hall–Kier alpha value is -1.53. The number of hydrogen-bond acceptors (Lipinski definition) is 3. The average Bonchev–Trinajstić information content (AvgIpc) is 3.25. The van der Waals surface area contributed by atoms with Gasteiger partial charge in [-0.3, -0.25) is 9.69 Å². The molecule has 3 aliphatic heterocycles. The van der Waals surface area contributed by atoms with Crippen LogP contribution >= 0.6 is 11.3 Å². The average molecular weight is 348 g/mol. The predicted molar refractivity (Wildman–Crippen MR) is 89.3 cm³/mol. The van der Waals surface area contributed by atoms with E-state index in [1.54, 1.807) is 6.07 Å². The van der Waals surface area contributed by atoms with Crippen LogP contribution in [-0.4, -0.2) is 35.5 Å². The molecule has 4 heterocycles. The number of halogens is 2. The van der Waals surface area contributed by atoms with Crippen LogP contribution in [0.15, 0.2) is 18.2 Å². The van der Waals surface area contributed by atoms with Gasteiger partial charge in [0.2, 0.25) is 0 Å². The van der Waals surface area contributed by atoms with Gasteiger partial charge in [0.05, 0.1) is 10.9 Å². The molecule has 126 valence electrons. The number of benzene rings is 1. The van der Waals surface area contributed by atoms with Crippen LogP contribution in [-0.2, 0) is 0 Å². The van der Waals surface area contributed by atoms with Crippen LogP contribution in [0, 0.1) is 17.6 Å². The third kappa shape index (κ3) is 2.05. The van der Waals surface area contributed by atoms with Gasteiger partial charge in [-0.1, -0.05) is 0 Å². The SMILES string of the molecule is O=C(N[C@H]1C2CCN(CC2)C12CC2)c1cc2cc(F)c(F)cc2s1. The van der Waals surface area contributed by atoms with Gasteiger partial charge in [0.25, 0.3) is 5.91 Å². The number of nitrogens with one attached hydrogen (secondary N) is 1. The van der Waals surface area contributed by atoms with Crippen LogP contribution < -0.4 is 5.32 Å². The molecular weight excluding hydrogens is 330 g/mol. The number of carbonyl (C=O) groups excluding carboxylic acids is 1. The number of fused-ring (bicyclic) bond motifs is 3. The lowest BCUT2D eigenvalue weighted by atomic mass is 9.77. The van der Waals surface area contributed by atoms with Gasteiger partial charge in [0, 0.05) is 10.2 Å². The highest BCUT2D eigenvalue weighted by molar-refractivity contribution is 7.20. The molecule has 6 heteroatoms. The summed E-state index contributed by atoms with van der Waals surface area (Å²) in [5.41, 5.74) is 0.186. The number of thiophene rings is 1. The van der Waals surface area contributed by atoms with Gasteiger partial charge in [-0.25, -0.2) is 8.78 Å². The summed E-state index contributed by atoms with van der Waals surface area (Å²) >= 11 is 1.23. The van der Waals surface area contributed by atoms with Gasteiger partial charge in [0.15, 0.2) is 11.6 Å². The third-order valence-corrected chi connectivity index (χ3v) is 7.15. The zero-order valence-electron chi connectivity index (χ0n) is 13.1. The normalized spacial score (nSPS) is 30.0. The van der Waals surface area contributed by atoms with Gasteiger partial charge in [-0.2, -0.15) is 0 Å². The van der Waals surface area contributed by atoms with E-state index in [9.17, 15) is 13.6 Å². The van der Waals surface area contributed by atoms with Crippen molar-refractivity contribution < 1.29 is 13.6 Å². The van der Waals surface area contributed by atoms with Gasteiger partial charge in [0.1, 0.15) is 0 Å². The number of carbonyl (C=O) groups is 1. The second kappa shape index (κ2) is 4.99. The van der Waals surface area contributed by atoms with Gasteiger partial charge in [-0.05, 0) is 68.3 Å². The van der Waals surface area contributed by atoms with Crippen LogP contribution in [0.25, 0.3) is 10.1 Å². The first kappa shape index (κ1) is 14.8. The number of nitrogens with zero attached hydrogens (tertiary/aromatic N) is 1. The highest BCUT2D eigenvalue weighted by atomic mass is 32.1. The van der Waals surface area contributed by atoms with Crippen molar-refractivity contribution in [3.05, 3.63) is 34.7 Å². The summed E-state index contributed by atoms with van der Waals surface area (Å²) in [4.78, 5) is 15.8. The Balaban J connectivity index is 1.43. The highest BCUT2D eigenvalue weighted by Crippen LogP contribution is 2.53. The third-order valence-electron chi connectivity index (χ3n) is 6.05. The van der Waals surface area contributed by atoms with E-state index in [1.807, 2.05) is 0 Å². The molecule has 1 aromatic carbocycles. The van der Waals surface area contributed by atoms with E-state index >= 15 is 0 Å². The van der Waals surface area contributed by atoms with Crippen molar-refractivity contribution in [2.45, 2.75) is 37.3 Å². The van der Waals surface area contributed by atoms with E-state index < -0.39 is 11.6 Å². The summed E-state index contributed by atoms with van der Waals surface area (Å²) in [6.07, 6.45) is 4.62. The molecule has 2 bridgehead atoms. The second-order valence-corrected chi connectivity index (χ2v) is 8.38. The van der Waals surface area contributed by atoms with Crippen LogP contribution in [0.5, 0.6) is 0 Å². The Morgan fingerprint density at radius 1 is 1.17 bits per heavy atom. The minimum absolute atomic E-state index is 0.109. The lowest BCUT2D eigenvalue weighted by Gasteiger charge is -2.52. The van der Waals surface area contributed by atoms with Crippen LogP contribution in [0.1, 0.15) is 35.4 Å². The molecule has 1 saturated carbocycles. The smallest absolute Gasteiger partial charge is 0.261 e.